The van der Waals surface area contributed by atoms with Crippen molar-refractivity contribution in [2.75, 3.05) is 19.6 Å². The lowest BCUT2D eigenvalue weighted by atomic mass is 9.97. The lowest BCUT2D eigenvalue weighted by Gasteiger charge is -2.32. The maximum atomic E-state index is 12.9. The molecular weight excluding hydrogens is 316 g/mol. The lowest BCUT2D eigenvalue weighted by Crippen LogP contribution is -2.44. The summed E-state index contributed by atoms with van der Waals surface area (Å²) >= 11 is 0. The van der Waals surface area contributed by atoms with E-state index in [1.54, 1.807) is 0 Å². The first-order chi connectivity index (χ1) is 12.0. The highest BCUT2D eigenvalue weighted by molar-refractivity contribution is 5.99. The molecule has 0 bridgehead atoms. The molecule has 1 aromatic carbocycles. The number of carbonyl (C=O) groups is 2. The number of aryl methyl sites for hydroxylation is 1. The number of amides is 2. The summed E-state index contributed by atoms with van der Waals surface area (Å²) in [7, 11) is 0. The van der Waals surface area contributed by atoms with Gasteiger partial charge in [-0.25, -0.2) is 0 Å². The van der Waals surface area contributed by atoms with Gasteiger partial charge in [-0.15, -0.1) is 0 Å². The number of carbonyl (C=O) groups excluding carboxylic acids is 2. The molecule has 3 rings (SSSR count). The fraction of sp³-hybridized carbons (Fsp3) is 0.500. The van der Waals surface area contributed by atoms with Crippen molar-refractivity contribution in [2.45, 2.75) is 33.6 Å². The van der Waals surface area contributed by atoms with Crippen molar-refractivity contribution in [1.29, 1.82) is 0 Å². The number of hydrogen-bond acceptors (Lipinski definition) is 3. The van der Waals surface area contributed by atoms with Crippen LogP contribution in [0, 0.1) is 18.8 Å². The second kappa shape index (κ2) is 7.30. The first-order valence-electron chi connectivity index (χ1n) is 9.02. The van der Waals surface area contributed by atoms with Crippen molar-refractivity contribution >= 4 is 22.8 Å². The Kier molecular flexibility index (Phi) is 5.11. The third-order valence-electron chi connectivity index (χ3n) is 4.93. The molecule has 2 aromatic rings. The molecule has 1 N–H and O–H groups in total. The van der Waals surface area contributed by atoms with Crippen molar-refractivity contribution in [3.8, 4) is 0 Å². The summed E-state index contributed by atoms with van der Waals surface area (Å²) in [5, 5.41) is 3.97. The Labute approximate surface area is 148 Å². The minimum absolute atomic E-state index is 0.0143. The maximum absolute atomic E-state index is 12.9. The van der Waals surface area contributed by atoms with Crippen LogP contribution in [0.15, 0.2) is 28.7 Å². The summed E-state index contributed by atoms with van der Waals surface area (Å²) in [5.74, 6) is 0.739. The van der Waals surface area contributed by atoms with Gasteiger partial charge in [-0.1, -0.05) is 32.0 Å². The van der Waals surface area contributed by atoms with Crippen LogP contribution in [0.3, 0.4) is 0 Å². The number of hydrogen-bond donors (Lipinski definition) is 1. The Hall–Kier alpha value is -2.30. The van der Waals surface area contributed by atoms with Gasteiger partial charge in [0.25, 0.3) is 5.91 Å². The molecule has 0 aliphatic carbocycles. The molecule has 2 heterocycles. The third-order valence-corrected chi connectivity index (χ3v) is 4.93. The van der Waals surface area contributed by atoms with Crippen LogP contribution in [0.2, 0.25) is 0 Å². The number of likely N-dealkylation sites (tertiary alicyclic amines) is 1. The van der Waals surface area contributed by atoms with E-state index in [-0.39, 0.29) is 17.7 Å². The highest BCUT2D eigenvalue weighted by Gasteiger charge is 2.28. The van der Waals surface area contributed by atoms with Crippen molar-refractivity contribution in [3.63, 3.8) is 0 Å². The summed E-state index contributed by atoms with van der Waals surface area (Å²) in [4.78, 5) is 26.5. The number of fused-ring (bicyclic) bond motifs is 1. The van der Waals surface area contributed by atoms with Crippen LogP contribution in [0.5, 0.6) is 0 Å². The molecule has 0 radical (unpaired) electrons. The van der Waals surface area contributed by atoms with Crippen molar-refractivity contribution in [2.24, 2.45) is 11.8 Å². The average Bonchev–Trinajstić information content (AvgIpc) is 2.96. The summed E-state index contributed by atoms with van der Waals surface area (Å²) in [6.07, 6.45) is 1.98. The summed E-state index contributed by atoms with van der Waals surface area (Å²) < 4.78 is 5.82. The Bertz CT molecular complexity index is 778. The molecule has 0 unspecified atom stereocenters. The molecule has 5 nitrogen and oxygen atoms in total. The Morgan fingerprint density at radius 2 is 2.08 bits per heavy atom. The zero-order valence-electron chi connectivity index (χ0n) is 15.2. The molecule has 1 fully saturated rings. The van der Waals surface area contributed by atoms with Gasteiger partial charge in [0.1, 0.15) is 5.58 Å². The molecule has 5 heteroatoms. The topological polar surface area (TPSA) is 62.6 Å². The molecule has 25 heavy (non-hydrogen) atoms. The van der Waals surface area contributed by atoms with Crippen LogP contribution < -0.4 is 5.32 Å². The number of nitrogens with one attached hydrogen (secondary N) is 1. The molecule has 1 saturated heterocycles. The Morgan fingerprint density at radius 1 is 1.32 bits per heavy atom. The zero-order valence-corrected chi connectivity index (χ0v) is 15.2. The molecule has 134 valence electrons. The molecule has 1 atom stereocenters. The van der Waals surface area contributed by atoms with E-state index in [9.17, 15) is 9.59 Å². The Morgan fingerprint density at radius 3 is 2.80 bits per heavy atom. The van der Waals surface area contributed by atoms with E-state index in [2.05, 4.69) is 5.32 Å². The molecular formula is C20H26N2O3. The fourth-order valence-corrected chi connectivity index (χ4v) is 3.39. The maximum Gasteiger partial charge on any atom is 0.289 e. The van der Waals surface area contributed by atoms with Gasteiger partial charge in [-0.3, -0.25) is 9.59 Å². The number of furan rings is 1. The number of benzene rings is 1. The number of nitrogens with zero attached hydrogens (tertiary/aromatic N) is 1. The molecule has 1 aliphatic heterocycles. The number of piperidine rings is 1. The first kappa shape index (κ1) is 17.5. The van der Waals surface area contributed by atoms with Gasteiger partial charge < -0.3 is 14.6 Å². The number of para-hydroxylation sites is 1. The van der Waals surface area contributed by atoms with Crippen LogP contribution in [-0.2, 0) is 4.79 Å². The first-order valence-corrected chi connectivity index (χ1v) is 9.02. The van der Waals surface area contributed by atoms with E-state index in [0.29, 0.717) is 24.8 Å². The second-order valence-corrected chi connectivity index (χ2v) is 7.21. The normalized spacial score (nSPS) is 17.9. The SMILES string of the molecule is Cc1c(C(=O)N2CCC[C@H](CNC(=O)C(C)C)C2)oc2ccccc12. The predicted molar refractivity (Wildman–Crippen MR) is 97.4 cm³/mol. The largest absolute Gasteiger partial charge is 0.451 e. The van der Waals surface area contributed by atoms with Crippen LogP contribution in [0.4, 0.5) is 0 Å². The van der Waals surface area contributed by atoms with Crippen molar-refractivity contribution < 1.29 is 14.0 Å². The molecule has 0 saturated carbocycles. The molecule has 1 aromatic heterocycles. The minimum Gasteiger partial charge on any atom is -0.451 e. The van der Waals surface area contributed by atoms with E-state index in [1.165, 1.54) is 0 Å². The monoisotopic (exact) mass is 342 g/mol. The fourth-order valence-electron chi connectivity index (χ4n) is 3.39. The van der Waals surface area contributed by atoms with E-state index < -0.39 is 0 Å². The smallest absolute Gasteiger partial charge is 0.289 e. The van der Waals surface area contributed by atoms with E-state index in [4.69, 9.17) is 4.42 Å². The zero-order chi connectivity index (χ0) is 18.0. The minimum atomic E-state index is -0.0476. The van der Waals surface area contributed by atoms with Crippen LogP contribution in [-0.4, -0.2) is 36.3 Å². The average molecular weight is 342 g/mol. The van der Waals surface area contributed by atoms with Crippen molar-refractivity contribution in [3.05, 3.63) is 35.6 Å². The van der Waals surface area contributed by atoms with E-state index >= 15 is 0 Å². The van der Waals surface area contributed by atoms with Gasteiger partial charge >= 0.3 is 0 Å². The molecule has 2 amide bonds. The van der Waals surface area contributed by atoms with Gasteiger partial charge in [-0.2, -0.15) is 0 Å². The van der Waals surface area contributed by atoms with Crippen molar-refractivity contribution in [1.82, 2.24) is 10.2 Å². The summed E-state index contributed by atoms with van der Waals surface area (Å²) in [6.45, 7) is 7.73. The quantitative estimate of drug-likeness (QED) is 0.927. The van der Waals surface area contributed by atoms with E-state index in [1.807, 2.05) is 49.9 Å². The third kappa shape index (κ3) is 3.70. The van der Waals surface area contributed by atoms with Crippen LogP contribution in [0.25, 0.3) is 11.0 Å². The molecule has 0 spiro atoms. The predicted octanol–water partition coefficient (Wildman–Crippen LogP) is 3.37. The van der Waals surface area contributed by atoms with Gasteiger partial charge in [0.05, 0.1) is 0 Å². The summed E-state index contributed by atoms with van der Waals surface area (Å²) in [6, 6.07) is 7.73. The highest BCUT2D eigenvalue weighted by Crippen LogP contribution is 2.27. The molecule has 1 aliphatic rings. The standard InChI is InChI=1S/C20H26N2O3/c1-13(2)19(23)21-11-15-7-6-10-22(12-15)20(24)18-14(3)16-8-4-5-9-17(16)25-18/h4-5,8-9,13,15H,6-7,10-12H2,1-3H3,(H,21,23)/t15-/m1/s1. The van der Waals surface area contributed by atoms with Gasteiger partial charge in [0.2, 0.25) is 5.91 Å². The van der Waals surface area contributed by atoms with Gasteiger partial charge in [-0.05, 0) is 31.7 Å². The number of rotatable bonds is 4. The van der Waals surface area contributed by atoms with Crippen LogP contribution in [0.1, 0.15) is 42.8 Å². The van der Waals surface area contributed by atoms with Gasteiger partial charge in [0.15, 0.2) is 5.76 Å². The highest BCUT2D eigenvalue weighted by atomic mass is 16.3. The Balaban J connectivity index is 1.69. The second-order valence-electron chi connectivity index (χ2n) is 7.21. The van der Waals surface area contributed by atoms with Crippen LogP contribution >= 0.6 is 0 Å². The lowest BCUT2D eigenvalue weighted by molar-refractivity contribution is -0.124. The van der Waals surface area contributed by atoms with E-state index in [0.717, 1.165) is 35.9 Å². The summed E-state index contributed by atoms with van der Waals surface area (Å²) in [5.41, 5.74) is 1.65. The van der Waals surface area contributed by atoms with Gasteiger partial charge in [0, 0.05) is 36.5 Å².